The predicted molar refractivity (Wildman–Crippen MR) is 114 cm³/mol. The topological polar surface area (TPSA) is 101 Å². The third-order valence-corrected chi connectivity index (χ3v) is 7.32. The summed E-state index contributed by atoms with van der Waals surface area (Å²) in [6, 6.07) is 6.81. The molecule has 1 aliphatic rings. The van der Waals surface area contributed by atoms with Crippen molar-refractivity contribution in [2.45, 2.75) is 38.8 Å². The van der Waals surface area contributed by atoms with Gasteiger partial charge in [0, 0.05) is 36.3 Å². The molecule has 1 fully saturated rings. The quantitative estimate of drug-likeness (QED) is 0.660. The molecule has 158 valence electrons. The van der Waals surface area contributed by atoms with Crippen LogP contribution in [-0.2, 0) is 16.6 Å². The minimum atomic E-state index is -3.17. The summed E-state index contributed by atoms with van der Waals surface area (Å²) in [7, 11) is -3.17. The van der Waals surface area contributed by atoms with Crippen molar-refractivity contribution in [2.75, 3.05) is 24.2 Å². The summed E-state index contributed by atoms with van der Waals surface area (Å²) in [6.07, 6.45) is 1.82. The van der Waals surface area contributed by atoms with E-state index < -0.39 is 10.0 Å². The first-order chi connectivity index (χ1) is 14.0. The van der Waals surface area contributed by atoms with E-state index in [0.717, 1.165) is 5.69 Å². The van der Waals surface area contributed by atoms with Gasteiger partial charge in [-0.3, -0.25) is 0 Å². The molecule has 1 aliphatic heterocycles. The van der Waals surface area contributed by atoms with E-state index in [2.05, 4.69) is 15.6 Å². The van der Waals surface area contributed by atoms with Gasteiger partial charge in [-0.25, -0.2) is 22.5 Å². The monoisotopic (exact) mass is 438 g/mol. The van der Waals surface area contributed by atoms with E-state index in [9.17, 15) is 13.2 Å². The highest BCUT2D eigenvalue weighted by Gasteiger charge is 2.27. The number of piperidine rings is 1. The van der Waals surface area contributed by atoms with Crippen LogP contribution in [0.4, 0.5) is 10.5 Å². The number of benzene rings is 1. The van der Waals surface area contributed by atoms with Crippen molar-refractivity contribution in [3.63, 3.8) is 0 Å². The Morgan fingerprint density at radius 1 is 1.34 bits per heavy atom. The number of carbonyl (C=O) groups is 1. The summed E-state index contributed by atoms with van der Waals surface area (Å²) in [4.78, 5) is 16.5. The molecule has 0 aliphatic carbocycles. The lowest BCUT2D eigenvalue weighted by Gasteiger charge is -2.31. The fraction of sp³-hybridized carbons (Fsp3) is 0.474. The summed E-state index contributed by atoms with van der Waals surface area (Å²) in [5, 5.41) is 7.66. The van der Waals surface area contributed by atoms with Crippen LogP contribution in [0.15, 0.2) is 35.2 Å². The highest BCUT2D eigenvalue weighted by molar-refractivity contribution is 7.89. The maximum absolute atomic E-state index is 12.3. The third kappa shape index (κ3) is 6.41. The van der Waals surface area contributed by atoms with Gasteiger partial charge in [0.25, 0.3) is 0 Å². The first kappa shape index (κ1) is 21.5. The van der Waals surface area contributed by atoms with E-state index in [1.165, 1.54) is 15.6 Å². The molecule has 1 saturated heterocycles. The largest absolute Gasteiger partial charge is 0.487 e. The van der Waals surface area contributed by atoms with E-state index in [4.69, 9.17) is 4.74 Å². The summed E-state index contributed by atoms with van der Waals surface area (Å²) in [5.74, 6) is 0.817. The van der Waals surface area contributed by atoms with Gasteiger partial charge in [-0.15, -0.1) is 11.3 Å². The summed E-state index contributed by atoms with van der Waals surface area (Å²) < 4.78 is 31.5. The van der Waals surface area contributed by atoms with Crippen LogP contribution in [-0.4, -0.2) is 48.6 Å². The van der Waals surface area contributed by atoms with Gasteiger partial charge in [-0.05, 0) is 31.4 Å². The lowest BCUT2D eigenvalue weighted by Crippen LogP contribution is -2.47. The van der Waals surface area contributed by atoms with Crippen LogP contribution in [0.5, 0.6) is 5.75 Å². The Morgan fingerprint density at radius 3 is 2.83 bits per heavy atom. The number of nitrogens with zero attached hydrogens (tertiary/aromatic N) is 2. The number of rotatable bonds is 8. The smallest absolute Gasteiger partial charge is 0.319 e. The number of hydrogen-bond donors (Lipinski definition) is 2. The van der Waals surface area contributed by atoms with E-state index in [-0.39, 0.29) is 17.8 Å². The van der Waals surface area contributed by atoms with Crippen LogP contribution in [0, 0.1) is 0 Å². The van der Waals surface area contributed by atoms with Gasteiger partial charge >= 0.3 is 6.03 Å². The predicted octanol–water partition coefficient (Wildman–Crippen LogP) is 3.05. The molecule has 1 aromatic carbocycles. The second-order valence-corrected chi connectivity index (χ2v) is 9.69. The molecule has 29 heavy (non-hydrogen) atoms. The number of ether oxygens (including phenoxy) is 1. The molecule has 2 N–H and O–H groups in total. The number of anilines is 1. The third-order valence-electron chi connectivity index (χ3n) is 4.61. The zero-order chi connectivity index (χ0) is 20.7. The van der Waals surface area contributed by atoms with Gasteiger partial charge in [-0.1, -0.05) is 13.0 Å². The molecule has 2 amide bonds. The molecule has 0 unspecified atom stereocenters. The Bertz CT molecular complexity index is 895. The lowest BCUT2D eigenvalue weighted by molar-refractivity contribution is 0.238. The molecule has 2 heterocycles. The average Bonchev–Trinajstić information content (AvgIpc) is 3.21. The summed E-state index contributed by atoms with van der Waals surface area (Å²) in [6.45, 7) is 3.11. The van der Waals surface area contributed by atoms with Gasteiger partial charge in [0.1, 0.15) is 12.4 Å². The van der Waals surface area contributed by atoms with E-state index in [1.54, 1.807) is 17.6 Å². The SMILES string of the molecule is CCCS(=O)(=O)N1CCC(NC(=O)Nc2cccc(OCc3cscn3)c2)CC1. The minimum Gasteiger partial charge on any atom is -0.487 e. The van der Waals surface area contributed by atoms with Gasteiger partial charge in [-0.2, -0.15) is 0 Å². The van der Waals surface area contributed by atoms with Gasteiger partial charge < -0.3 is 15.4 Å². The number of urea groups is 1. The minimum absolute atomic E-state index is 0.0489. The van der Waals surface area contributed by atoms with E-state index in [0.29, 0.717) is 50.4 Å². The molecular weight excluding hydrogens is 412 g/mol. The standard InChI is InChI=1S/C19H26N4O4S2/c1-2-10-29(25,26)23-8-6-15(7-9-23)21-19(24)22-16-4-3-5-18(11-16)27-12-17-13-28-14-20-17/h3-5,11,13-15H,2,6-10,12H2,1H3,(H2,21,22,24). The van der Waals surface area contributed by atoms with E-state index >= 15 is 0 Å². The van der Waals surface area contributed by atoms with Crippen molar-refractivity contribution in [3.05, 3.63) is 40.8 Å². The maximum atomic E-state index is 12.3. The fourth-order valence-electron chi connectivity index (χ4n) is 3.15. The van der Waals surface area contributed by atoms with Crippen LogP contribution in [0.1, 0.15) is 31.9 Å². The average molecular weight is 439 g/mol. The fourth-order valence-corrected chi connectivity index (χ4v) is 5.23. The number of sulfonamides is 1. The van der Waals surface area contributed by atoms with Crippen molar-refractivity contribution < 1.29 is 17.9 Å². The van der Waals surface area contributed by atoms with Crippen LogP contribution in [0.25, 0.3) is 0 Å². The van der Waals surface area contributed by atoms with Crippen molar-refractivity contribution in [1.82, 2.24) is 14.6 Å². The molecule has 0 spiro atoms. The molecule has 10 heteroatoms. The second kappa shape index (κ2) is 10.0. The molecule has 0 radical (unpaired) electrons. The first-order valence-corrected chi connectivity index (χ1v) is 12.2. The molecule has 2 aromatic rings. The molecule has 1 aromatic heterocycles. The van der Waals surface area contributed by atoms with Crippen molar-refractivity contribution in [2.24, 2.45) is 0 Å². The zero-order valence-corrected chi connectivity index (χ0v) is 18.0. The molecule has 8 nitrogen and oxygen atoms in total. The number of amides is 2. The number of aromatic nitrogens is 1. The Balaban J connectivity index is 1.46. The van der Waals surface area contributed by atoms with Gasteiger partial charge in [0.2, 0.25) is 10.0 Å². The lowest BCUT2D eigenvalue weighted by atomic mass is 10.1. The molecule has 0 bridgehead atoms. The normalized spacial score (nSPS) is 15.8. The molecule has 3 rings (SSSR count). The Morgan fingerprint density at radius 2 is 2.14 bits per heavy atom. The van der Waals surface area contributed by atoms with Crippen LogP contribution < -0.4 is 15.4 Å². The Kier molecular flexibility index (Phi) is 7.45. The van der Waals surface area contributed by atoms with Crippen molar-refractivity contribution in [1.29, 1.82) is 0 Å². The number of thiazole rings is 1. The summed E-state index contributed by atoms with van der Waals surface area (Å²) in [5.41, 5.74) is 3.24. The summed E-state index contributed by atoms with van der Waals surface area (Å²) >= 11 is 1.51. The molecule has 0 atom stereocenters. The van der Waals surface area contributed by atoms with Crippen LogP contribution >= 0.6 is 11.3 Å². The van der Waals surface area contributed by atoms with Gasteiger partial charge in [0.15, 0.2) is 0 Å². The second-order valence-electron chi connectivity index (χ2n) is 6.88. The number of nitrogens with one attached hydrogen (secondary N) is 2. The first-order valence-electron chi connectivity index (χ1n) is 9.61. The van der Waals surface area contributed by atoms with Crippen LogP contribution in [0.3, 0.4) is 0 Å². The Labute approximate surface area is 175 Å². The Hall–Kier alpha value is -2.17. The molecule has 0 saturated carbocycles. The number of carbonyl (C=O) groups excluding carboxylic acids is 1. The highest BCUT2D eigenvalue weighted by atomic mass is 32.2. The van der Waals surface area contributed by atoms with E-state index in [1.807, 2.05) is 24.4 Å². The van der Waals surface area contributed by atoms with Crippen molar-refractivity contribution >= 4 is 33.1 Å². The highest BCUT2D eigenvalue weighted by Crippen LogP contribution is 2.19. The van der Waals surface area contributed by atoms with Gasteiger partial charge in [0.05, 0.1) is 17.0 Å². The van der Waals surface area contributed by atoms with Crippen LogP contribution in [0.2, 0.25) is 0 Å². The zero-order valence-electron chi connectivity index (χ0n) is 16.3. The molecular formula is C19H26N4O4S2. The maximum Gasteiger partial charge on any atom is 0.319 e. The number of hydrogen-bond acceptors (Lipinski definition) is 6. The van der Waals surface area contributed by atoms with Crippen molar-refractivity contribution in [3.8, 4) is 5.75 Å².